The van der Waals surface area contributed by atoms with E-state index in [2.05, 4.69) is 51.3 Å². The first kappa shape index (κ1) is 28.6. The number of carbonyl (C=O) groups is 1. The monoisotopic (exact) mass is 551 g/mol. The van der Waals surface area contributed by atoms with Crippen LogP contribution in [0.4, 0.5) is 5.69 Å². The Morgan fingerprint density at radius 2 is 1.32 bits per heavy atom. The van der Waals surface area contributed by atoms with Crippen molar-refractivity contribution in [2.24, 2.45) is 5.92 Å². The number of anilines is 1. The first-order chi connectivity index (χ1) is 19.8. The Kier molecular flexibility index (Phi) is 8.54. The van der Waals surface area contributed by atoms with Gasteiger partial charge in [-0.15, -0.1) is 0 Å². The van der Waals surface area contributed by atoms with Crippen LogP contribution in [0.5, 0.6) is 0 Å². The fourth-order valence-corrected chi connectivity index (χ4v) is 6.03. The van der Waals surface area contributed by atoms with E-state index in [9.17, 15) is 9.59 Å². The third kappa shape index (κ3) is 5.77. The van der Waals surface area contributed by atoms with Gasteiger partial charge in [-0.2, -0.15) is 5.10 Å². The molecule has 7 nitrogen and oxygen atoms in total. The van der Waals surface area contributed by atoms with E-state index in [-0.39, 0.29) is 23.4 Å². The maximum absolute atomic E-state index is 14.0. The number of aromatic nitrogens is 3. The van der Waals surface area contributed by atoms with Crippen molar-refractivity contribution in [3.63, 3.8) is 0 Å². The van der Waals surface area contributed by atoms with Crippen LogP contribution in [-0.4, -0.2) is 57.8 Å². The van der Waals surface area contributed by atoms with Crippen LogP contribution in [0.25, 0.3) is 5.69 Å². The van der Waals surface area contributed by atoms with Crippen molar-refractivity contribution >= 4 is 11.5 Å². The minimum atomic E-state index is -0.675. The highest BCUT2D eigenvalue weighted by Gasteiger charge is 2.42. The Morgan fingerprint density at radius 1 is 0.780 bits per heavy atom. The number of nitrogens with zero attached hydrogens (tertiary/aromatic N) is 5. The summed E-state index contributed by atoms with van der Waals surface area (Å²) < 4.78 is 3.08. The number of carbonyl (C=O) groups excluding carboxylic acids is 1. The van der Waals surface area contributed by atoms with Crippen molar-refractivity contribution in [1.82, 2.24) is 19.2 Å². The van der Waals surface area contributed by atoms with Crippen molar-refractivity contribution in [3.8, 4) is 5.69 Å². The van der Waals surface area contributed by atoms with Crippen LogP contribution in [0.1, 0.15) is 51.3 Å². The molecule has 0 N–H and O–H groups in total. The number of benzene rings is 3. The van der Waals surface area contributed by atoms with Crippen LogP contribution < -0.4 is 10.6 Å². The zero-order valence-corrected chi connectivity index (χ0v) is 24.6. The van der Waals surface area contributed by atoms with E-state index >= 15 is 0 Å². The lowest BCUT2D eigenvalue weighted by Gasteiger charge is -2.40. The maximum Gasteiger partial charge on any atom is 0.350 e. The Bertz CT molecular complexity index is 1440. The van der Waals surface area contributed by atoms with Crippen LogP contribution in [0.3, 0.4) is 0 Å². The Hall–Kier alpha value is -3.97. The molecular weight excluding hydrogens is 510 g/mol. The van der Waals surface area contributed by atoms with Gasteiger partial charge in [0.1, 0.15) is 12.1 Å². The highest BCUT2D eigenvalue weighted by atomic mass is 16.2. The summed E-state index contributed by atoms with van der Waals surface area (Å²) in [6.45, 7) is 12.5. The van der Waals surface area contributed by atoms with Gasteiger partial charge in [-0.25, -0.2) is 14.0 Å². The van der Waals surface area contributed by atoms with Crippen molar-refractivity contribution in [1.29, 1.82) is 0 Å². The number of hydrogen-bond donors (Lipinski definition) is 0. The number of ketones is 1. The molecule has 41 heavy (non-hydrogen) atoms. The standard InChI is InChI=1S/C34H41N5O2/c1-26(2)32(40)34(28-11-7-5-8-12-28,29-13-9-6-10-14-29)19-20-36-21-23-37(24-22-36)30-15-17-31(18-16-30)38-25-35-39(27(3)4)33(38)41/h5-18,25-27H,19-24H2,1-4H3. The molecule has 4 aromatic rings. The molecule has 0 atom stereocenters. The second-order valence-corrected chi connectivity index (χ2v) is 11.6. The smallest absolute Gasteiger partial charge is 0.350 e. The second kappa shape index (κ2) is 12.3. The average Bonchev–Trinajstić information content (AvgIpc) is 3.40. The molecule has 0 bridgehead atoms. The Morgan fingerprint density at radius 3 is 1.80 bits per heavy atom. The van der Waals surface area contributed by atoms with Crippen molar-refractivity contribution in [2.75, 3.05) is 37.6 Å². The molecule has 1 aromatic heterocycles. The predicted octanol–water partition coefficient (Wildman–Crippen LogP) is 5.34. The SMILES string of the molecule is CC(C)C(=O)C(CCN1CCN(c2ccc(-n3cnn(C(C)C)c3=O)cc2)CC1)(c1ccccc1)c1ccccc1. The molecule has 2 heterocycles. The van der Waals surface area contributed by atoms with E-state index in [1.54, 1.807) is 10.9 Å². The number of Topliss-reactive ketones (excluding diaryl/α,β-unsaturated/α-hetero) is 1. The van der Waals surface area contributed by atoms with E-state index in [1.807, 2.05) is 76.2 Å². The highest BCUT2D eigenvalue weighted by molar-refractivity contribution is 5.95. The van der Waals surface area contributed by atoms with Crippen LogP contribution >= 0.6 is 0 Å². The van der Waals surface area contributed by atoms with Gasteiger partial charge in [0.05, 0.1) is 17.1 Å². The second-order valence-electron chi connectivity index (χ2n) is 11.6. The Balaban J connectivity index is 1.29. The number of hydrogen-bond acceptors (Lipinski definition) is 5. The number of piperazine rings is 1. The summed E-state index contributed by atoms with van der Waals surface area (Å²) in [4.78, 5) is 31.5. The maximum atomic E-state index is 14.0. The molecule has 0 radical (unpaired) electrons. The van der Waals surface area contributed by atoms with Gasteiger partial charge < -0.3 is 4.90 Å². The molecule has 7 heteroatoms. The van der Waals surface area contributed by atoms with E-state index < -0.39 is 5.41 Å². The summed E-state index contributed by atoms with van der Waals surface area (Å²) in [6, 6.07) is 28.8. The molecule has 1 aliphatic rings. The van der Waals surface area contributed by atoms with Crippen LogP contribution in [-0.2, 0) is 10.2 Å². The molecule has 0 spiro atoms. The Labute approximate surface area is 243 Å². The summed E-state index contributed by atoms with van der Waals surface area (Å²) in [5.74, 6) is 0.192. The van der Waals surface area contributed by atoms with E-state index in [0.29, 0.717) is 0 Å². The minimum absolute atomic E-state index is 0.0216. The summed E-state index contributed by atoms with van der Waals surface area (Å²) >= 11 is 0. The summed E-state index contributed by atoms with van der Waals surface area (Å²) in [6.07, 6.45) is 2.33. The first-order valence-corrected chi connectivity index (χ1v) is 14.7. The molecule has 0 amide bonds. The van der Waals surface area contributed by atoms with Gasteiger partial charge in [-0.05, 0) is 62.2 Å². The molecule has 1 fully saturated rings. The quantitative estimate of drug-likeness (QED) is 0.266. The number of rotatable bonds is 10. The van der Waals surface area contributed by atoms with Gasteiger partial charge in [0.15, 0.2) is 0 Å². The van der Waals surface area contributed by atoms with Crippen molar-refractivity contribution in [2.45, 2.75) is 45.6 Å². The average molecular weight is 552 g/mol. The molecule has 0 unspecified atom stereocenters. The van der Waals surface area contributed by atoms with E-state index in [1.165, 1.54) is 4.68 Å². The molecule has 0 aliphatic carbocycles. The van der Waals surface area contributed by atoms with E-state index in [0.717, 1.165) is 61.6 Å². The van der Waals surface area contributed by atoms with Gasteiger partial charge >= 0.3 is 5.69 Å². The van der Waals surface area contributed by atoms with Crippen molar-refractivity contribution in [3.05, 3.63) is 113 Å². The van der Waals surface area contributed by atoms with Crippen molar-refractivity contribution < 1.29 is 4.79 Å². The largest absolute Gasteiger partial charge is 0.369 e. The zero-order chi connectivity index (χ0) is 29.0. The zero-order valence-electron chi connectivity index (χ0n) is 24.6. The molecule has 1 saturated heterocycles. The summed E-state index contributed by atoms with van der Waals surface area (Å²) in [5.41, 5.74) is 3.31. The van der Waals surface area contributed by atoms with Gasteiger partial charge in [0, 0.05) is 37.8 Å². The lowest BCUT2D eigenvalue weighted by Crippen LogP contribution is -2.49. The van der Waals surface area contributed by atoms with Gasteiger partial charge in [0.25, 0.3) is 0 Å². The fourth-order valence-electron chi connectivity index (χ4n) is 6.03. The molecule has 3 aromatic carbocycles. The summed E-state index contributed by atoms with van der Waals surface area (Å²) in [7, 11) is 0. The van der Waals surface area contributed by atoms with Crippen LogP contribution in [0.15, 0.2) is 96.1 Å². The molecule has 0 saturated carbocycles. The van der Waals surface area contributed by atoms with Crippen LogP contribution in [0.2, 0.25) is 0 Å². The third-order valence-electron chi connectivity index (χ3n) is 8.33. The first-order valence-electron chi connectivity index (χ1n) is 14.7. The highest BCUT2D eigenvalue weighted by Crippen LogP contribution is 2.39. The lowest BCUT2D eigenvalue weighted by atomic mass is 9.66. The molecule has 214 valence electrons. The van der Waals surface area contributed by atoms with Crippen LogP contribution in [0, 0.1) is 5.92 Å². The molecule has 5 rings (SSSR count). The fraction of sp³-hybridized carbons (Fsp3) is 0.382. The predicted molar refractivity (Wildman–Crippen MR) is 165 cm³/mol. The topological polar surface area (TPSA) is 63.4 Å². The minimum Gasteiger partial charge on any atom is -0.369 e. The molecule has 1 aliphatic heterocycles. The lowest BCUT2D eigenvalue weighted by molar-refractivity contribution is -0.126. The summed E-state index contributed by atoms with van der Waals surface area (Å²) in [5, 5.41) is 4.24. The van der Waals surface area contributed by atoms with Gasteiger partial charge in [0.2, 0.25) is 0 Å². The molecular formula is C34H41N5O2. The van der Waals surface area contributed by atoms with E-state index in [4.69, 9.17) is 0 Å². The van der Waals surface area contributed by atoms with Gasteiger partial charge in [-0.3, -0.25) is 9.69 Å². The third-order valence-corrected chi connectivity index (χ3v) is 8.33. The normalized spacial score (nSPS) is 14.6. The van der Waals surface area contributed by atoms with Gasteiger partial charge in [-0.1, -0.05) is 74.5 Å².